The highest BCUT2D eigenvalue weighted by atomic mass is 15.1. The Kier molecular flexibility index (Phi) is 7.69. The molecular formula is C26H34N2. The van der Waals surface area contributed by atoms with Gasteiger partial charge in [-0.2, -0.15) is 0 Å². The maximum atomic E-state index is 4.45. The SMILES string of the molecule is C=CCC(C)(C(=C)C=Cc1ccccc1)c1cc(N(CC)CC)ccc1NC. The van der Waals surface area contributed by atoms with Crippen molar-refractivity contribution in [1.82, 2.24) is 0 Å². The van der Waals surface area contributed by atoms with Crippen LogP contribution in [0.15, 0.2) is 79.4 Å². The summed E-state index contributed by atoms with van der Waals surface area (Å²) >= 11 is 0. The van der Waals surface area contributed by atoms with Crippen molar-refractivity contribution >= 4 is 17.5 Å². The van der Waals surface area contributed by atoms with Gasteiger partial charge in [0.2, 0.25) is 0 Å². The van der Waals surface area contributed by atoms with E-state index in [-0.39, 0.29) is 5.41 Å². The summed E-state index contributed by atoms with van der Waals surface area (Å²) in [6.45, 7) is 17.1. The summed E-state index contributed by atoms with van der Waals surface area (Å²) in [6, 6.07) is 17.0. The fourth-order valence-corrected chi connectivity index (χ4v) is 3.64. The minimum absolute atomic E-state index is 0.242. The largest absolute Gasteiger partial charge is 0.388 e. The molecular weight excluding hydrogens is 340 g/mol. The molecule has 28 heavy (non-hydrogen) atoms. The minimum Gasteiger partial charge on any atom is -0.388 e. The third kappa shape index (κ3) is 4.75. The van der Waals surface area contributed by atoms with Crippen molar-refractivity contribution in [2.45, 2.75) is 32.6 Å². The molecule has 2 heteroatoms. The minimum atomic E-state index is -0.242. The summed E-state index contributed by atoms with van der Waals surface area (Å²) in [6.07, 6.45) is 7.09. The molecule has 148 valence electrons. The van der Waals surface area contributed by atoms with Gasteiger partial charge in [0.15, 0.2) is 0 Å². The lowest BCUT2D eigenvalue weighted by atomic mass is 9.72. The van der Waals surface area contributed by atoms with Gasteiger partial charge >= 0.3 is 0 Å². The predicted molar refractivity (Wildman–Crippen MR) is 126 cm³/mol. The maximum absolute atomic E-state index is 4.45. The van der Waals surface area contributed by atoms with Crippen LogP contribution in [0.2, 0.25) is 0 Å². The molecule has 1 atom stereocenters. The third-order valence-corrected chi connectivity index (χ3v) is 5.53. The molecule has 0 saturated heterocycles. The first-order valence-corrected chi connectivity index (χ1v) is 10.1. The van der Waals surface area contributed by atoms with Crippen molar-refractivity contribution in [3.8, 4) is 0 Å². The van der Waals surface area contributed by atoms with Gasteiger partial charge in [-0.1, -0.05) is 62.1 Å². The Balaban J connectivity index is 2.50. The van der Waals surface area contributed by atoms with E-state index in [1.807, 2.05) is 19.2 Å². The van der Waals surface area contributed by atoms with Crippen molar-refractivity contribution in [3.05, 3.63) is 90.5 Å². The Morgan fingerprint density at radius 1 is 1.11 bits per heavy atom. The Bertz CT molecular complexity index is 816. The van der Waals surface area contributed by atoms with Crippen LogP contribution >= 0.6 is 0 Å². The summed E-state index contributed by atoms with van der Waals surface area (Å²) in [4.78, 5) is 2.37. The summed E-state index contributed by atoms with van der Waals surface area (Å²) in [7, 11) is 1.98. The van der Waals surface area contributed by atoms with Crippen LogP contribution in [0.25, 0.3) is 6.08 Å². The zero-order valence-corrected chi connectivity index (χ0v) is 17.8. The second kappa shape index (κ2) is 9.98. The van der Waals surface area contributed by atoms with E-state index in [1.54, 1.807) is 0 Å². The molecule has 0 saturated carbocycles. The molecule has 0 spiro atoms. The quantitative estimate of drug-likeness (QED) is 0.369. The number of anilines is 2. The molecule has 2 aromatic rings. The lowest BCUT2D eigenvalue weighted by Crippen LogP contribution is -2.26. The van der Waals surface area contributed by atoms with E-state index >= 15 is 0 Å². The summed E-state index contributed by atoms with van der Waals surface area (Å²) in [5, 5.41) is 3.37. The van der Waals surface area contributed by atoms with Crippen LogP contribution < -0.4 is 10.2 Å². The van der Waals surface area contributed by atoms with E-state index in [4.69, 9.17) is 0 Å². The molecule has 0 aromatic heterocycles. The Hall–Kier alpha value is -2.74. The van der Waals surface area contributed by atoms with Crippen molar-refractivity contribution < 1.29 is 0 Å². The molecule has 2 rings (SSSR count). The Morgan fingerprint density at radius 2 is 1.79 bits per heavy atom. The van der Waals surface area contributed by atoms with Crippen LogP contribution in [0.1, 0.15) is 38.3 Å². The van der Waals surface area contributed by atoms with Crippen LogP contribution in [0.3, 0.4) is 0 Å². The number of hydrogen-bond donors (Lipinski definition) is 1. The smallest absolute Gasteiger partial charge is 0.0380 e. The monoisotopic (exact) mass is 374 g/mol. The molecule has 0 aliphatic heterocycles. The van der Waals surface area contributed by atoms with Gasteiger partial charge in [-0.15, -0.1) is 6.58 Å². The van der Waals surface area contributed by atoms with E-state index in [9.17, 15) is 0 Å². The zero-order valence-electron chi connectivity index (χ0n) is 17.8. The molecule has 0 aliphatic rings. The van der Waals surface area contributed by atoms with Gasteiger partial charge in [0.1, 0.15) is 0 Å². The molecule has 1 unspecified atom stereocenters. The average molecular weight is 375 g/mol. The van der Waals surface area contributed by atoms with Crippen molar-refractivity contribution in [1.29, 1.82) is 0 Å². The molecule has 2 aromatic carbocycles. The number of nitrogens with one attached hydrogen (secondary N) is 1. The first kappa shape index (κ1) is 21.6. The van der Waals surface area contributed by atoms with Crippen LogP contribution in [-0.4, -0.2) is 20.1 Å². The molecule has 0 amide bonds. The predicted octanol–water partition coefficient (Wildman–Crippen LogP) is 6.68. The van der Waals surface area contributed by atoms with Crippen molar-refractivity contribution in [3.63, 3.8) is 0 Å². The maximum Gasteiger partial charge on any atom is 0.0380 e. The second-order valence-electron chi connectivity index (χ2n) is 7.25. The molecule has 0 radical (unpaired) electrons. The van der Waals surface area contributed by atoms with Crippen LogP contribution in [-0.2, 0) is 5.41 Å². The van der Waals surface area contributed by atoms with Gasteiger partial charge < -0.3 is 10.2 Å². The summed E-state index contributed by atoms with van der Waals surface area (Å²) in [5.41, 5.74) is 5.64. The topological polar surface area (TPSA) is 15.3 Å². The summed E-state index contributed by atoms with van der Waals surface area (Å²) < 4.78 is 0. The van der Waals surface area contributed by atoms with E-state index in [1.165, 1.54) is 16.8 Å². The van der Waals surface area contributed by atoms with E-state index < -0.39 is 0 Å². The molecule has 2 nitrogen and oxygen atoms in total. The Labute approximate surface area is 171 Å². The number of allylic oxidation sites excluding steroid dienone is 3. The molecule has 0 aliphatic carbocycles. The molecule has 0 bridgehead atoms. The Morgan fingerprint density at radius 3 is 2.36 bits per heavy atom. The van der Waals surface area contributed by atoms with Gasteiger partial charge in [-0.05, 0) is 55.2 Å². The van der Waals surface area contributed by atoms with Gasteiger partial charge in [-0.25, -0.2) is 0 Å². The van der Waals surface area contributed by atoms with Crippen LogP contribution in [0.5, 0.6) is 0 Å². The fourth-order valence-electron chi connectivity index (χ4n) is 3.64. The lowest BCUT2D eigenvalue weighted by molar-refractivity contribution is 0.583. The lowest BCUT2D eigenvalue weighted by Gasteiger charge is -2.34. The molecule has 0 heterocycles. The van der Waals surface area contributed by atoms with Gasteiger partial charge in [0, 0.05) is 36.9 Å². The third-order valence-electron chi connectivity index (χ3n) is 5.53. The number of nitrogens with zero attached hydrogens (tertiary/aromatic N) is 1. The standard InChI is InChI=1S/C26H34N2/c1-7-19-26(5,21(4)15-16-22-13-11-10-12-14-22)24-20-23(28(8-2)9-3)17-18-25(24)27-6/h7,10-18,20,27H,1,4,8-9,19H2,2-3,5-6H3. The molecule has 0 fully saturated rings. The first-order chi connectivity index (χ1) is 13.5. The summed E-state index contributed by atoms with van der Waals surface area (Å²) in [5.74, 6) is 0. The van der Waals surface area contributed by atoms with Crippen molar-refractivity contribution in [2.24, 2.45) is 0 Å². The normalized spacial score (nSPS) is 13.1. The van der Waals surface area contributed by atoms with E-state index in [0.717, 1.165) is 30.8 Å². The highest BCUT2D eigenvalue weighted by Gasteiger charge is 2.30. The zero-order chi connectivity index (χ0) is 20.6. The average Bonchev–Trinajstić information content (AvgIpc) is 2.73. The van der Waals surface area contributed by atoms with Crippen LogP contribution in [0, 0.1) is 0 Å². The number of rotatable bonds is 10. The number of benzene rings is 2. The second-order valence-corrected chi connectivity index (χ2v) is 7.25. The first-order valence-electron chi connectivity index (χ1n) is 10.1. The van der Waals surface area contributed by atoms with E-state index in [2.05, 4.69) is 98.8 Å². The van der Waals surface area contributed by atoms with Gasteiger partial charge in [0.05, 0.1) is 0 Å². The van der Waals surface area contributed by atoms with Gasteiger partial charge in [0.25, 0.3) is 0 Å². The van der Waals surface area contributed by atoms with Crippen molar-refractivity contribution in [2.75, 3.05) is 30.4 Å². The van der Waals surface area contributed by atoms with Crippen LogP contribution in [0.4, 0.5) is 11.4 Å². The highest BCUT2D eigenvalue weighted by molar-refractivity contribution is 5.66. The fraction of sp³-hybridized carbons (Fsp3) is 0.308. The number of hydrogen-bond acceptors (Lipinski definition) is 2. The highest BCUT2D eigenvalue weighted by Crippen LogP contribution is 2.41. The molecule has 1 N–H and O–H groups in total. The van der Waals surface area contributed by atoms with E-state index in [0.29, 0.717) is 0 Å². The van der Waals surface area contributed by atoms with Gasteiger partial charge in [-0.3, -0.25) is 0 Å².